The Hall–Kier alpha value is -7.41. The van der Waals surface area contributed by atoms with E-state index in [4.69, 9.17) is 19.4 Å². The van der Waals surface area contributed by atoms with Gasteiger partial charge in [0.2, 0.25) is 0 Å². The largest absolute Gasteiger partial charge is 0.455 e. The standard InChI is InChI=1S/C51H30N4OS/c1-3-13-31(14-4-1)49-52-50(54-51(53-49)33-26-28-38-37-18-8-10-24-45(37)57-46(38)30-33)32-25-27-36-41-21-12-22-42(48(41)56-44(36)29-32)40-20-11-19-39-35-17-7-9-23-43(35)55(47(39)40)34-15-5-2-6-16-34/h1-30H. The zero-order valence-corrected chi connectivity index (χ0v) is 31.2. The second-order valence-electron chi connectivity index (χ2n) is 14.4. The summed E-state index contributed by atoms with van der Waals surface area (Å²) in [6.07, 6.45) is 0. The molecule has 4 aromatic heterocycles. The van der Waals surface area contributed by atoms with Crippen molar-refractivity contribution >= 4 is 75.3 Å². The summed E-state index contributed by atoms with van der Waals surface area (Å²) in [6.45, 7) is 0. The number of hydrogen-bond acceptors (Lipinski definition) is 5. The fourth-order valence-electron chi connectivity index (χ4n) is 8.45. The van der Waals surface area contributed by atoms with Gasteiger partial charge in [-0.05, 0) is 42.5 Å². The summed E-state index contributed by atoms with van der Waals surface area (Å²) < 4.78 is 11.7. The number of hydrogen-bond donors (Lipinski definition) is 0. The highest BCUT2D eigenvalue weighted by molar-refractivity contribution is 7.25. The van der Waals surface area contributed by atoms with Gasteiger partial charge in [-0.25, -0.2) is 15.0 Å². The Morgan fingerprint density at radius 1 is 0.404 bits per heavy atom. The van der Waals surface area contributed by atoms with Crippen molar-refractivity contribution in [3.05, 3.63) is 182 Å². The minimum Gasteiger partial charge on any atom is -0.455 e. The van der Waals surface area contributed by atoms with Crippen LogP contribution in [0.3, 0.4) is 0 Å². The van der Waals surface area contributed by atoms with Crippen LogP contribution >= 0.6 is 11.3 Å². The van der Waals surface area contributed by atoms with Gasteiger partial charge in [0.05, 0.1) is 11.0 Å². The highest BCUT2D eigenvalue weighted by Gasteiger charge is 2.21. The van der Waals surface area contributed by atoms with E-state index in [2.05, 4.69) is 156 Å². The van der Waals surface area contributed by atoms with Crippen LogP contribution in [-0.2, 0) is 0 Å². The number of aromatic nitrogens is 4. The predicted octanol–water partition coefficient (Wildman–Crippen LogP) is 13.9. The summed E-state index contributed by atoms with van der Waals surface area (Å²) in [5.41, 5.74) is 9.96. The second-order valence-corrected chi connectivity index (χ2v) is 15.5. The van der Waals surface area contributed by atoms with E-state index in [0.29, 0.717) is 17.5 Å². The SMILES string of the molecule is c1ccc(-c2nc(-c3ccc4c(c3)oc3c(-c5cccc6c7ccccc7n(-c7ccccc7)c56)cccc34)nc(-c3ccc4c(c3)sc3ccccc34)n2)cc1. The minimum absolute atomic E-state index is 0.593. The summed E-state index contributed by atoms with van der Waals surface area (Å²) >= 11 is 1.79. The third kappa shape index (κ3) is 5.04. The van der Waals surface area contributed by atoms with Gasteiger partial charge in [-0.3, -0.25) is 0 Å². The van der Waals surface area contributed by atoms with Crippen LogP contribution in [-0.4, -0.2) is 19.5 Å². The molecule has 0 aliphatic carbocycles. The first-order valence-electron chi connectivity index (χ1n) is 19.0. The molecule has 6 heteroatoms. The molecule has 0 unspecified atom stereocenters. The highest BCUT2D eigenvalue weighted by atomic mass is 32.1. The third-order valence-electron chi connectivity index (χ3n) is 11.1. The van der Waals surface area contributed by atoms with Gasteiger partial charge in [-0.1, -0.05) is 140 Å². The van der Waals surface area contributed by atoms with E-state index in [1.54, 1.807) is 11.3 Å². The first-order chi connectivity index (χ1) is 28.2. The lowest BCUT2D eigenvalue weighted by molar-refractivity contribution is 0.670. The van der Waals surface area contributed by atoms with E-state index in [-0.39, 0.29) is 0 Å². The van der Waals surface area contributed by atoms with Crippen molar-refractivity contribution in [2.45, 2.75) is 0 Å². The van der Waals surface area contributed by atoms with E-state index in [1.165, 1.54) is 36.5 Å². The lowest BCUT2D eigenvalue weighted by atomic mass is 9.99. The van der Waals surface area contributed by atoms with Crippen molar-refractivity contribution in [3.8, 4) is 51.0 Å². The van der Waals surface area contributed by atoms with Crippen LogP contribution < -0.4 is 0 Å². The van der Waals surface area contributed by atoms with Crippen LogP contribution in [0, 0.1) is 0 Å². The molecule has 12 aromatic rings. The fourth-order valence-corrected chi connectivity index (χ4v) is 9.59. The first-order valence-corrected chi connectivity index (χ1v) is 19.8. The molecule has 0 saturated carbocycles. The molecule has 4 heterocycles. The van der Waals surface area contributed by atoms with E-state index < -0.39 is 0 Å². The first kappa shape index (κ1) is 31.9. The molecule has 0 fully saturated rings. The zero-order chi connectivity index (χ0) is 37.5. The van der Waals surface area contributed by atoms with Crippen LogP contribution in [0.1, 0.15) is 0 Å². The number of nitrogens with zero attached hydrogens (tertiary/aromatic N) is 4. The highest BCUT2D eigenvalue weighted by Crippen LogP contribution is 2.43. The van der Waals surface area contributed by atoms with Crippen molar-refractivity contribution in [1.29, 1.82) is 0 Å². The molecule has 0 aliphatic rings. The maximum Gasteiger partial charge on any atom is 0.164 e. The Morgan fingerprint density at radius 3 is 1.81 bits per heavy atom. The van der Waals surface area contributed by atoms with Gasteiger partial charge < -0.3 is 8.98 Å². The molecule has 5 nitrogen and oxygen atoms in total. The number of rotatable bonds is 5. The summed E-state index contributed by atoms with van der Waals surface area (Å²) in [4.78, 5) is 15.2. The van der Waals surface area contributed by atoms with Crippen LogP contribution in [0.25, 0.3) is 115 Å². The molecular weight excluding hydrogens is 717 g/mol. The fraction of sp³-hybridized carbons (Fsp3) is 0. The van der Waals surface area contributed by atoms with E-state index in [1.807, 2.05) is 30.3 Å². The summed E-state index contributed by atoms with van der Waals surface area (Å²) in [5.74, 6) is 1.85. The molecule has 0 saturated heterocycles. The minimum atomic E-state index is 0.593. The summed E-state index contributed by atoms with van der Waals surface area (Å²) in [6, 6.07) is 63.8. The lowest BCUT2D eigenvalue weighted by Crippen LogP contribution is -2.00. The van der Waals surface area contributed by atoms with Crippen molar-refractivity contribution in [2.75, 3.05) is 0 Å². The Balaban J connectivity index is 1.03. The summed E-state index contributed by atoms with van der Waals surface area (Å²) in [7, 11) is 0. The van der Waals surface area contributed by atoms with Crippen molar-refractivity contribution in [1.82, 2.24) is 19.5 Å². The Morgan fingerprint density at radius 2 is 1.00 bits per heavy atom. The van der Waals surface area contributed by atoms with Crippen LogP contribution in [0.2, 0.25) is 0 Å². The Kier molecular flexibility index (Phi) is 7.03. The molecule has 0 amide bonds. The van der Waals surface area contributed by atoms with Gasteiger partial charge in [0, 0.05) is 75.2 Å². The Bertz CT molecular complexity index is 3530. The monoisotopic (exact) mass is 746 g/mol. The van der Waals surface area contributed by atoms with E-state index >= 15 is 0 Å². The molecule has 0 aliphatic heterocycles. The number of para-hydroxylation sites is 4. The van der Waals surface area contributed by atoms with E-state index in [9.17, 15) is 0 Å². The third-order valence-corrected chi connectivity index (χ3v) is 12.2. The van der Waals surface area contributed by atoms with Crippen LogP contribution in [0.5, 0.6) is 0 Å². The Labute approximate surface area is 330 Å². The van der Waals surface area contributed by atoms with Gasteiger partial charge in [0.1, 0.15) is 11.2 Å². The molecule has 12 rings (SSSR count). The van der Waals surface area contributed by atoms with Gasteiger partial charge in [0.15, 0.2) is 17.5 Å². The maximum atomic E-state index is 6.90. The number of furan rings is 1. The van der Waals surface area contributed by atoms with Crippen LogP contribution in [0.4, 0.5) is 0 Å². The molecule has 0 spiro atoms. The maximum absolute atomic E-state index is 6.90. The average molecular weight is 747 g/mol. The molecule has 8 aromatic carbocycles. The van der Waals surface area contributed by atoms with E-state index in [0.717, 1.165) is 61.0 Å². The molecule has 57 heavy (non-hydrogen) atoms. The molecule has 0 bridgehead atoms. The number of thiophene rings is 1. The quantitative estimate of drug-likeness (QED) is 0.176. The predicted molar refractivity (Wildman–Crippen MR) is 236 cm³/mol. The van der Waals surface area contributed by atoms with Gasteiger partial charge in [-0.2, -0.15) is 0 Å². The van der Waals surface area contributed by atoms with Crippen molar-refractivity contribution < 1.29 is 4.42 Å². The average Bonchev–Trinajstić information content (AvgIpc) is 3.96. The summed E-state index contributed by atoms with van der Waals surface area (Å²) in [5, 5.41) is 7.03. The molecule has 0 atom stereocenters. The molecule has 266 valence electrons. The van der Waals surface area contributed by atoms with Crippen molar-refractivity contribution in [3.63, 3.8) is 0 Å². The van der Waals surface area contributed by atoms with Crippen molar-refractivity contribution in [2.24, 2.45) is 0 Å². The molecule has 0 N–H and O–H groups in total. The van der Waals surface area contributed by atoms with Gasteiger partial charge >= 0.3 is 0 Å². The topological polar surface area (TPSA) is 56.7 Å². The van der Waals surface area contributed by atoms with Gasteiger partial charge in [-0.15, -0.1) is 11.3 Å². The lowest BCUT2D eigenvalue weighted by Gasteiger charge is -2.12. The zero-order valence-electron chi connectivity index (χ0n) is 30.4. The number of fused-ring (bicyclic) bond motifs is 9. The van der Waals surface area contributed by atoms with Crippen LogP contribution in [0.15, 0.2) is 186 Å². The normalized spacial score (nSPS) is 11.9. The molecule has 0 radical (unpaired) electrons. The molecular formula is C51H30N4OS. The second kappa shape index (κ2) is 12.6. The smallest absolute Gasteiger partial charge is 0.164 e. The van der Waals surface area contributed by atoms with Gasteiger partial charge in [0.25, 0.3) is 0 Å². The number of benzene rings is 8.